The van der Waals surface area contributed by atoms with E-state index < -0.39 is 0 Å². The van der Waals surface area contributed by atoms with Crippen LogP contribution in [0.4, 0.5) is 0 Å². The van der Waals surface area contributed by atoms with Crippen molar-refractivity contribution in [1.82, 2.24) is 10.6 Å². The van der Waals surface area contributed by atoms with Gasteiger partial charge in [0.25, 0.3) is 5.91 Å². The van der Waals surface area contributed by atoms with Crippen LogP contribution in [0.1, 0.15) is 13.8 Å². The second kappa shape index (κ2) is 8.37. The average molecular weight is 266 g/mol. The molecular formula is C14H22N2O3. The fraction of sp³-hybridized carbons (Fsp3) is 0.500. The minimum absolute atomic E-state index is 0.0147. The van der Waals surface area contributed by atoms with Crippen molar-refractivity contribution in [1.29, 1.82) is 0 Å². The maximum Gasteiger partial charge on any atom is 0.257 e. The Balaban J connectivity index is 2.33. The van der Waals surface area contributed by atoms with E-state index in [0.29, 0.717) is 18.0 Å². The molecule has 0 fully saturated rings. The minimum atomic E-state index is -0.143. The van der Waals surface area contributed by atoms with Crippen LogP contribution in [0.5, 0.6) is 11.5 Å². The van der Waals surface area contributed by atoms with Crippen LogP contribution in [0.15, 0.2) is 24.3 Å². The highest BCUT2D eigenvalue weighted by molar-refractivity contribution is 5.77. The predicted octanol–water partition coefficient (Wildman–Crippen LogP) is 1.19. The van der Waals surface area contributed by atoms with E-state index in [2.05, 4.69) is 10.6 Å². The molecule has 0 saturated carbocycles. The summed E-state index contributed by atoms with van der Waals surface area (Å²) in [6.45, 7) is 5.50. The molecule has 1 aromatic rings. The summed E-state index contributed by atoms with van der Waals surface area (Å²) < 4.78 is 10.6. The fourth-order valence-corrected chi connectivity index (χ4v) is 1.62. The van der Waals surface area contributed by atoms with Gasteiger partial charge in [-0.05, 0) is 25.6 Å². The lowest BCUT2D eigenvalue weighted by Crippen LogP contribution is -2.40. The molecule has 5 nitrogen and oxygen atoms in total. The third kappa shape index (κ3) is 5.61. The predicted molar refractivity (Wildman–Crippen MR) is 74.6 cm³/mol. The molecule has 0 aromatic heterocycles. The number of para-hydroxylation sites is 2. The number of methoxy groups -OCH3 is 1. The molecule has 5 heteroatoms. The fourth-order valence-electron chi connectivity index (χ4n) is 1.62. The van der Waals surface area contributed by atoms with Gasteiger partial charge in [-0.2, -0.15) is 0 Å². The number of carbonyl (C=O) groups is 1. The van der Waals surface area contributed by atoms with Crippen LogP contribution in [-0.2, 0) is 4.79 Å². The zero-order chi connectivity index (χ0) is 14.1. The van der Waals surface area contributed by atoms with Crippen molar-refractivity contribution in [3.8, 4) is 11.5 Å². The molecule has 0 unspecified atom stereocenters. The van der Waals surface area contributed by atoms with Gasteiger partial charge >= 0.3 is 0 Å². The molecule has 0 saturated heterocycles. The van der Waals surface area contributed by atoms with E-state index in [1.54, 1.807) is 19.2 Å². The topological polar surface area (TPSA) is 59.6 Å². The maximum atomic E-state index is 11.6. The van der Waals surface area contributed by atoms with Crippen molar-refractivity contribution in [3.05, 3.63) is 24.3 Å². The van der Waals surface area contributed by atoms with Gasteiger partial charge in [0.1, 0.15) is 0 Å². The standard InChI is InChI=1S/C14H22N2O3/c1-4-15-11(2)9-16-14(17)10-19-13-8-6-5-7-12(13)18-3/h5-8,11,15H,4,9-10H2,1-3H3,(H,16,17)/t11-/m1/s1. The molecule has 106 valence electrons. The third-order valence-electron chi connectivity index (χ3n) is 2.59. The van der Waals surface area contributed by atoms with Gasteiger partial charge in [-0.1, -0.05) is 19.1 Å². The van der Waals surface area contributed by atoms with Crippen LogP contribution >= 0.6 is 0 Å². The summed E-state index contributed by atoms with van der Waals surface area (Å²) in [6.07, 6.45) is 0. The molecule has 0 aliphatic rings. The summed E-state index contributed by atoms with van der Waals surface area (Å²) in [6, 6.07) is 7.50. The normalized spacial score (nSPS) is 11.7. The van der Waals surface area contributed by atoms with E-state index in [9.17, 15) is 4.79 Å². The number of rotatable bonds is 8. The van der Waals surface area contributed by atoms with Gasteiger partial charge in [0, 0.05) is 12.6 Å². The zero-order valence-electron chi connectivity index (χ0n) is 11.7. The maximum absolute atomic E-state index is 11.6. The van der Waals surface area contributed by atoms with Crippen LogP contribution in [0, 0.1) is 0 Å². The van der Waals surface area contributed by atoms with Gasteiger partial charge in [-0.15, -0.1) is 0 Å². The lowest BCUT2D eigenvalue weighted by Gasteiger charge is -2.14. The second-order valence-electron chi connectivity index (χ2n) is 4.20. The molecule has 1 rings (SSSR count). The first kappa shape index (κ1) is 15.3. The first-order chi connectivity index (χ1) is 9.17. The van der Waals surface area contributed by atoms with Gasteiger partial charge in [-0.25, -0.2) is 0 Å². The lowest BCUT2D eigenvalue weighted by molar-refractivity contribution is -0.123. The second-order valence-corrected chi connectivity index (χ2v) is 4.20. The molecule has 0 aliphatic carbocycles. The monoisotopic (exact) mass is 266 g/mol. The Kier molecular flexibility index (Phi) is 6.74. The van der Waals surface area contributed by atoms with Crippen LogP contribution in [0.3, 0.4) is 0 Å². The molecule has 0 radical (unpaired) electrons. The summed E-state index contributed by atoms with van der Waals surface area (Å²) in [5.41, 5.74) is 0. The summed E-state index contributed by atoms with van der Waals surface area (Å²) >= 11 is 0. The molecular weight excluding hydrogens is 244 g/mol. The summed E-state index contributed by atoms with van der Waals surface area (Å²) in [4.78, 5) is 11.6. The molecule has 1 aromatic carbocycles. The van der Waals surface area contributed by atoms with E-state index in [1.807, 2.05) is 26.0 Å². The molecule has 2 N–H and O–H groups in total. The lowest BCUT2D eigenvalue weighted by atomic mass is 10.3. The van der Waals surface area contributed by atoms with E-state index in [0.717, 1.165) is 6.54 Å². The quantitative estimate of drug-likeness (QED) is 0.742. The van der Waals surface area contributed by atoms with Crippen molar-refractivity contribution in [2.75, 3.05) is 26.8 Å². The van der Waals surface area contributed by atoms with E-state index >= 15 is 0 Å². The number of ether oxygens (including phenoxy) is 2. The van der Waals surface area contributed by atoms with Gasteiger partial charge in [0.15, 0.2) is 18.1 Å². The first-order valence-electron chi connectivity index (χ1n) is 6.43. The highest BCUT2D eigenvalue weighted by Gasteiger charge is 2.07. The largest absolute Gasteiger partial charge is 0.493 e. The molecule has 1 atom stereocenters. The van der Waals surface area contributed by atoms with Gasteiger partial charge in [-0.3, -0.25) is 4.79 Å². The van der Waals surface area contributed by atoms with Crippen molar-refractivity contribution >= 4 is 5.91 Å². The molecule has 1 amide bonds. The van der Waals surface area contributed by atoms with Crippen molar-refractivity contribution in [2.24, 2.45) is 0 Å². The van der Waals surface area contributed by atoms with Gasteiger partial charge in [0.2, 0.25) is 0 Å². The van der Waals surface area contributed by atoms with Crippen LogP contribution in [-0.4, -0.2) is 38.8 Å². The first-order valence-corrected chi connectivity index (χ1v) is 6.43. The molecule has 0 spiro atoms. The van der Waals surface area contributed by atoms with Crippen LogP contribution in [0.2, 0.25) is 0 Å². The Morgan fingerprint density at radius 3 is 2.63 bits per heavy atom. The van der Waals surface area contributed by atoms with Crippen LogP contribution < -0.4 is 20.1 Å². The Morgan fingerprint density at radius 2 is 2.00 bits per heavy atom. The zero-order valence-corrected chi connectivity index (χ0v) is 11.7. The Hall–Kier alpha value is -1.75. The van der Waals surface area contributed by atoms with Gasteiger partial charge < -0.3 is 20.1 Å². The number of hydrogen-bond acceptors (Lipinski definition) is 4. The number of benzene rings is 1. The number of nitrogens with one attached hydrogen (secondary N) is 2. The van der Waals surface area contributed by atoms with E-state index in [-0.39, 0.29) is 18.6 Å². The minimum Gasteiger partial charge on any atom is -0.493 e. The van der Waals surface area contributed by atoms with Crippen LogP contribution in [0.25, 0.3) is 0 Å². The summed E-state index contributed by atoms with van der Waals surface area (Å²) in [7, 11) is 1.57. The van der Waals surface area contributed by atoms with Crippen molar-refractivity contribution in [2.45, 2.75) is 19.9 Å². The Labute approximate surface area is 114 Å². The Bertz CT molecular complexity index is 396. The molecule has 0 bridgehead atoms. The SMILES string of the molecule is CCN[C@H](C)CNC(=O)COc1ccccc1OC. The Morgan fingerprint density at radius 1 is 1.32 bits per heavy atom. The number of hydrogen-bond donors (Lipinski definition) is 2. The average Bonchev–Trinajstić information content (AvgIpc) is 2.43. The highest BCUT2D eigenvalue weighted by Crippen LogP contribution is 2.25. The number of likely N-dealkylation sites (N-methyl/N-ethyl adjacent to an activating group) is 1. The van der Waals surface area contributed by atoms with E-state index in [1.165, 1.54) is 0 Å². The van der Waals surface area contributed by atoms with Crippen molar-refractivity contribution < 1.29 is 14.3 Å². The highest BCUT2D eigenvalue weighted by atomic mass is 16.5. The summed E-state index contributed by atoms with van der Waals surface area (Å²) in [5.74, 6) is 1.05. The molecule has 19 heavy (non-hydrogen) atoms. The van der Waals surface area contributed by atoms with Crippen molar-refractivity contribution in [3.63, 3.8) is 0 Å². The molecule has 0 aliphatic heterocycles. The van der Waals surface area contributed by atoms with Gasteiger partial charge in [0.05, 0.1) is 7.11 Å². The smallest absolute Gasteiger partial charge is 0.257 e. The number of amides is 1. The van der Waals surface area contributed by atoms with E-state index in [4.69, 9.17) is 9.47 Å². The molecule has 0 heterocycles. The summed E-state index contributed by atoms with van der Waals surface area (Å²) in [5, 5.41) is 6.03. The third-order valence-corrected chi connectivity index (χ3v) is 2.59. The number of carbonyl (C=O) groups excluding carboxylic acids is 1.